The Morgan fingerprint density at radius 2 is 1.02 bits per heavy atom. The molecule has 9 aromatic rings. The highest BCUT2D eigenvalue weighted by atomic mass is 16.3. The minimum absolute atomic E-state index is 0.892. The molecule has 0 aliphatic carbocycles. The molecule has 2 aromatic heterocycles. The van der Waals surface area contributed by atoms with Crippen LogP contribution in [-0.4, -0.2) is 4.57 Å². The van der Waals surface area contributed by atoms with Crippen molar-refractivity contribution in [2.45, 2.75) is 0 Å². The first-order valence-electron chi connectivity index (χ1n) is 15.3. The van der Waals surface area contributed by atoms with Crippen LogP contribution in [0.3, 0.4) is 0 Å². The molecule has 3 heteroatoms. The molecule has 0 bridgehead atoms. The van der Waals surface area contributed by atoms with Gasteiger partial charge in [-0.2, -0.15) is 0 Å². The van der Waals surface area contributed by atoms with Crippen molar-refractivity contribution >= 4 is 60.8 Å². The fourth-order valence-corrected chi connectivity index (χ4v) is 6.71. The van der Waals surface area contributed by atoms with E-state index in [0.717, 1.165) is 50.3 Å². The number of nitrogens with zero attached hydrogens (tertiary/aromatic N) is 2. The van der Waals surface area contributed by atoms with Crippen molar-refractivity contribution in [1.29, 1.82) is 0 Å². The lowest BCUT2D eigenvalue weighted by Crippen LogP contribution is -2.09. The second kappa shape index (κ2) is 10.3. The molecular weight excluding hydrogens is 548 g/mol. The quantitative estimate of drug-likeness (QED) is 0.203. The third-order valence-corrected chi connectivity index (χ3v) is 8.76. The Bertz CT molecular complexity index is 2490. The standard InChI is InChI=1S/C42H28N2O/c1-3-13-31(14-4-1)43(34-23-25-42-38(28-34)37-19-8-10-21-41(37)45-42)33-17-11-12-29(26-33)30-22-24-36-35-18-7-9-20-39(35)44(40(36)27-30)32-15-5-2-6-16-32/h1-28H. The molecular formula is C42H28N2O. The van der Waals surface area contributed by atoms with Crippen molar-refractivity contribution in [3.05, 3.63) is 170 Å². The van der Waals surface area contributed by atoms with Gasteiger partial charge in [0, 0.05) is 44.3 Å². The third kappa shape index (κ3) is 4.21. The summed E-state index contributed by atoms with van der Waals surface area (Å²) in [6.45, 7) is 0. The molecule has 0 aliphatic heterocycles. The van der Waals surface area contributed by atoms with Gasteiger partial charge in [0.1, 0.15) is 11.2 Å². The van der Waals surface area contributed by atoms with Gasteiger partial charge in [-0.15, -0.1) is 0 Å². The zero-order chi connectivity index (χ0) is 29.7. The van der Waals surface area contributed by atoms with Gasteiger partial charge in [-0.25, -0.2) is 0 Å². The van der Waals surface area contributed by atoms with Crippen molar-refractivity contribution < 1.29 is 4.42 Å². The maximum absolute atomic E-state index is 6.15. The first-order valence-corrected chi connectivity index (χ1v) is 15.3. The summed E-state index contributed by atoms with van der Waals surface area (Å²) in [5.41, 5.74) is 11.0. The number of anilines is 3. The van der Waals surface area contributed by atoms with E-state index in [-0.39, 0.29) is 0 Å². The molecule has 0 saturated carbocycles. The highest BCUT2D eigenvalue weighted by Gasteiger charge is 2.17. The molecule has 2 heterocycles. The van der Waals surface area contributed by atoms with E-state index in [2.05, 4.69) is 167 Å². The van der Waals surface area contributed by atoms with Crippen molar-refractivity contribution in [3.63, 3.8) is 0 Å². The van der Waals surface area contributed by atoms with Crippen LogP contribution in [0.5, 0.6) is 0 Å². The second-order valence-electron chi connectivity index (χ2n) is 11.4. The highest BCUT2D eigenvalue weighted by Crippen LogP contribution is 2.40. The van der Waals surface area contributed by atoms with E-state index in [9.17, 15) is 0 Å². The Balaban J connectivity index is 1.21. The molecule has 0 amide bonds. The van der Waals surface area contributed by atoms with Crippen molar-refractivity contribution in [2.24, 2.45) is 0 Å². The zero-order valence-electron chi connectivity index (χ0n) is 24.5. The van der Waals surface area contributed by atoms with Crippen LogP contribution >= 0.6 is 0 Å². The molecule has 0 atom stereocenters. The molecule has 0 spiro atoms. The maximum Gasteiger partial charge on any atom is 0.135 e. The minimum Gasteiger partial charge on any atom is -0.456 e. The van der Waals surface area contributed by atoms with Crippen LogP contribution in [0.4, 0.5) is 17.1 Å². The molecule has 9 rings (SSSR count). The van der Waals surface area contributed by atoms with Crippen LogP contribution in [0, 0.1) is 0 Å². The molecule has 45 heavy (non-hydrogen) atoms. The normalized spacial score (nSPS) is 11.6. The lowest BCUT2D eigenvalue weighted by Gasteiger charge is -2.26. The number of rotatable bonds is 5. The van der Waals surface area contributed by atoms with Gasteiger partial charge in [0.05, 0.1) is 11.0 Å². The molecule has 3 nitrogen and oxygen atoms in total. The number of furan rings is 1. The van der Waals surface area contributed by atoms with Gasteiger partial charge in [0.25, 0.3) is 0 Å². The number of hydrogen-bond acceptors (Lipinski definition) is 2. The van der Waals surface area contributed by atoms with E-state index < -0.39 is 0 Å². The number of aromatic nitrogens is 1. The molecule has 0 fully saturated rings. The van der Waals surface area contributed by atoms with Crippen molar-refractivity contribution in [2.75, 3.05) is 4.90 Å². The summed E-state index contributed by atoms with van der Waals surface area (Å²) in [6.07, 6.45) is 0. The molecule has 0 N–H and O–H groups in total. The van der Waals surface area contributed by atoms with Gasteiger partial charge in [0.2, 0.25) is 0 Å². The van der Waals surface area contributed by atoms with Crippen LogP contribution in [0.15, 0.2) is 174 Å². The predicted octanol–water partition coefficient (Wildman–Crippen LogP) is 11.8. The van der Waals surface area contributed by atoms with Gasteiger partial charge in [-0.1, -0.05) is 97.1 Å². The summed E-state index contributed by atoms with van der Waals surface area (Å²) in [6, 6.07) is 60.3. The zero-order valence-corrected chi connectivity index (χ0v) is 24.5. The van der Waals surface area contributed by atoms with Gasteiger partial charge in [0.15, 0.2) is 0 Å². The first kappa shape index (κ1) is 25.4. The van der Waals surface area contributed by atoms with Crippen LogP contribution in [0.2, 0.25) is 0 Å². The van der Waals surface area contributed by atoms with E-state index in [1.165, 1.54) is 27.4 Å². The average Bonchev–Trinajstić information content (AvgIpc) is 3.64. The fraction of sp³-hybridized carbons (Fsp3) is 0. The first-order chi connectivity index (χ1) is 22.3. The summed E-state index contributed by atoms with van der Waals surface area (Å²) in [5, 5.41) is 4.74. The van der Waals surface area contributed by atoms with E-state index >= 15 is 0 Å². The lowest BCUT2D eigenvalue weighted by atomic mass is 10.0. The SMILES string of the molecule is c1ccc(N(c2cccc(-c3ccc4c5ccccc5n(-c5ccccc5)c4c3)c2)c2ccc3oc4ccccc4c3c2)cc1. The number of benzene rings is 7. The van der Waals surface area contributed by atoms with Crippen LogP contribution in [0.25, 0.3) is 60.6 Å². The van der Waals surface area contributed by atoms with Gasteiger partial charge in [-0.3, -0.25) is 0 Å². The smallest absolute Gasteiger partial charge is 0.135 e. The highest BCUT2D eigenvalue weighted by molar-refractivity contribution is 6.10. The number of hydrogen-bond donors (Lipinski definition) is 0. The molecule has 0 aliphatic rings. The van der Waals surface area contributed by atoms with Crippen LogP contribution < -0.4 is 4.90 Å². The number of para-hydroxylation sites is 4. The Morgan fingerprint density at radius 3 is 1.89 bits per heavy atom. The summed E-state index contributed by atoms with van der Waals surface area (Å²) in [4.78, 5) is 2.32. The maximum atomic E-state index is 6.15. The Kier molecular flexibility index (Phi) is 5.82. The largest absolute Gasteiger partial charge is 0.456 e. The van der Waals surface area contributed by atoms with E-state index in [4.69, 9.17) is 4.42 Å². The summed E-state index contributed by atoms with van der Waals surface area (Å²) in [5.74, 6) is 0. The average molecular weight is 577 g/mol. The summed E-state index contributed by atoms with van der Waals surface area (Å²) in [7, 11) is 0. The topological polar surface area (TPSA) is 21.3 Å². The molecule has 0 unspecified atom stereocenters. The Hall–Kier alpha value is -6.06. The Labute approximate surface area is 260 Å². The predicted molar refractivity (Wildman–Crippen MR) is 188 cm³/mol. The van der Waals surface area contributed by atoms with Gasteiger partial charge < -0.3 is 13.9 Å². The van der Waals surface area contributed by atoms with Crippen LogP contribution in [-0.2, 0) is 0 Å². The number of fused-ring (bicyclic) bond motifs is 6. The fourth-order valence-electron chi connectivity index (χ4n) is 6.71. The molecule has 0 radical (unpaired) electrons. The third-order valence-electron chi connectivity index (χ3n) is 8.76. The molecule has 7 aromatic carbocycles. The van der Waals surface area contributed by atoms with Crippen molar-refractivity contribution in [1.82, 2.24) is 4.57 Å². The summed E-state index contributed by atoms with van der Waals surface area (Å²) < 4.78 is 8.53. The monoisotopic (exact) mass is 576 g/mol. The lowest BCUT2D eigenvalue weighted by molar-refractivity contribution is 0.669. The van der Waals surface area contributed by atoms with Gasteiger partial charge in [-0.05, 0) is 83.9 Å². The van der Waals surface area contributed by atoms with E-state index in [1.54, 1.807) is 0 Å². The van der Waals surface area contributed by atoms with E-state index in [0.29, 0.717) is 0 Å². The molecule has 212 valence electrons. The van der Waals surface area contributed by atoms with E-state index in [1.807, 2.05) is 12.1 Å². The second-order valence-corrected chi connectivity index (χ2v) is 11.4. The van der Waals surface area contributed by atoms with Crippen LogP contribution in [0.1, 0.15) is 0 Å². The van der Waals surface area contributed by atoms with Gasteiger partial charge >= 0.3 is 0 Å². The molecule has 0 saturated heterocycles. The van der Waals surface area contributed by atoms with Crippen molar-refractivity contribution in [3.8, 4) is 16.8 Å². The minimum atomic E-state index is 0.892. The summed E-state index contributed by atoms with van der Waals surface area (Å²) >= 11 is 0. The Morgan fingerprint density at radius 1 is 0.378 bits per heavy atom.